The summed E-state index contributed by atoms with van der Waals surface area (Å²) < 4.78 is 32.5. The van der Waals surface area contributed by atoms with Gasteiger partial charge in [-0.15, -0.1) is 0 Å². The van der Waals surface area contributed by atoms with Gasteiger partial charge in [-0.3, -0.25) is 19.5 Å². The molecule has 0 aromatic heterocycles. The Hall–Kier alpha value is -3.50. The van der Waals surface area contributed by atoms with Crippen molar-refractivity contribution in [1.82, 2.24) is 0 Å². The van der Waals surface area contributed by atoms with Crippen LogP contribution in [-0.4, -0.2) is 28.9 Å². The van der Waals surface area contributed by atoms with E-state index in [1.807, 2.05) is 0 Å². The van der Waals surface area contributed by atoms with E-state index in [-0.39, 0.29) is 16.9 Å². The van der Waals surface area contributed by atoms with E-state index >= 15 is 0 Å². The molecule has 0 aliphatic rings. The third kappa shape index (κ3) is 3.50. The summed E-state index contributed by atoms with van der Waals surface area (Å²) in [6.07, 6.45) is 0. The zero-order chi connectivity index (χ0) is 20.6. The van der Waals surface area contributed by atoms with E-state index in [0.29, 0.717) is 16.3 Å². The largest absolute Gasteiger partial charge is 0.504 e. The number of anilines is 1. The third-order valence-corrected chi connectivity index (χ3v) is 5.04. The molecule has 3 aromatic rings. The lowest BCUT2D eigenvalue weighted by atomic mass is 10.1. The van der Waals surface area contributed by atoms with Gasteiger partial charge in [-0.05, 0) is 24.4 Å². The van der Waals surface area contributed by atoms with Crippen molar-refractivity contribution in [3.05, 3.63) is 69.8 Å². The van der Waals surface area contributed by atoms with Gasteiger partial charge in [0.15, 0.2) is 5.75 Å². The molecular weight excluding hydrogens is 388 g/mol. The van der Waals surface area contributed by atoms with Crippen molar-refractivity contribution in [1.29, 1.82) is 0 Å². The van der Waals surface area contributed by atoms with Gasteiger partial charge in [-0.25, -0.2) is 0 Å². The summed E-state index contributed by atoms with van der Waals surface area (Å²) in [5.74, 6) is -1.63. The minimum atomic E-state index is -4.76. The number of carbonyl (C=O) groups excluding carboxylic acids is 1. The molecule has 3 aromatic carbocycles. The van der Waals surface area contributed by atoms with E-state index in [9.17, 15) is 33.0 Å². The van der Waals surface area contributed by atoms with Gasteiger partial charge in [-0.1, -0.05) is 30.3 Å². The van der Waals surface area contributed by atoms with E-state index in [0.717, 1.165) is 12.1 Å². The predicted molar refractivity (Wildman–Crippen MR) is 101 cm³/mol. The van der Waals surface area contributed by atoms with Crippen LogP contribution in [0.5, 0.6) is 5.75 Å². The molecule has 0 aliphatic carbocycles. The highest BCUT2D eigenvalue weighted by Gasteiger charge is 2.23. The van der Waals surface area contributed by atoms with Crippen molar-refractivity contribution in [3.63, 3.8) is 0 Å². The molecule has 0 unspecified atom stereocenters. The first kappa shape index (κ1) is 19.3. The molecular formula is C18H14N2O7S. The highest BCUT2D eigenvalue weighted by Crippen LogP contribution is 2.38. The number of phenols is 1. The lowest BCUT2D eigenvalue weighted by Crippen LogP contribution is -2.14. The molecule has 0 spiro atoms. The zero-order valence-corrected chi connectivity index (χ0v) is 15.2. The Morgan fingerprint density at radius 3 is 2.46 bits per heavy atom. The molecule has 144 valence electrons. The van der Waals surface area contributed by atoms with Crippen molar-refractivity contribution < 1.29 is 27.8 Å². The molecule has 0 heterocycles. The summed E-state index contributed by atoms with van der Waals surface area (Å²) in [7, 11) is -4.76. The van der Waals surface area contributed by atoms with Crippen molar-refractivity contribution in [2.75, 3.05) is 5.32 Å². The molecule has 10 heteroatoms. The Bertz CT molecular complexity index is 1240. The molecule has 3 rings (SSSR count). The molecule has 0 bridgehead atoms. The number of nitro benzene ring substituents is 1. The summed E-state index contributed by atoms with van der Waals surface area (Å²) in [6, 6.07) is 11.2. The van der Waals surface area contributed by atoms with E-state index in [4.69, 9.17) is 0 Å². The Morgan fingerprint density at radius 2 is 1.82 bits per heavy atom. The topological polar surface area (TPSA) is 147 Å². The van der Waals surface area contributed by atoms with Crippen LogP contribution in [-0.2, 0) is 10.1 Å². The summed E-state index contributed by atoms with van der Waals surface area (Å²) in [6.45, 7) is 1.52. The number of hydrogen-bond donors (Lipinski definition) is 3. The highest BCUT2D eigenvalue weighted by atomic mass is 32.2. The second-order valence-electron chi connectivity index (χ2n) is 6.01. The van der Waals surface area contributed by atoms with Gasteiger partial charge >= 0.3 is 0 Å². The Labute approximate surface area is 159 Å². The first-order valence-corrected chi connectivity index (χ1v) is 9.32. The number of phenolic OH excluding ortho intramolecular Hbond substituents is 1. The second kappa shape index (κ2) is 6.91. The van der Waals surface area contributed by atoms with Crippen molar-refractivity contribution in [3.8, 4) is 5.75 Å². The Kier molecular flexibility index (Phi) is 4.75. The fourth-order valence-electron chi connectivity index (χ4n) is 2.77. The molecule has 0 aliphatic heterocycles. The van der Waals surface area contributed by atoms with Gasteiger partial charge in [0.05, 0.1) is 10.6 Å². The number of carbonyl (C=O) groups is 1. The molecule has 1 amide bonds. The SMILES string of the molecule is Cc1ccc(C(=O)Nc2c(O)c(S(=O)(=O)O)cc3ccccc23)cc1[N+](=O)[O-]. The van der Waals surface area contributed by atoms with E-state index < -0.39 is 31.6 Å². The van der Waals surface area contributed by atoms with Gasteiger partial charge in [0.25, 0.3) is 21.7 Å². The van der Waals surface area contributed by atoms with Crippen LogP contribution in [0.1, 0.15) is 15.9 Å². The molecule has 9 nitrogen and oxygen atoms in total. The number of amides is 1. The lowest BCUT2D eigenvalue weighted by molar-refractivity contribution is -0.385. The number of benzene rings is 3. The van der Waals surface area contributed by atoms with Crippen molar-refractivity contribution in [2.45, 2.75) is 11.8 Å². The van der Waals surface area contributed by atoms with Crippen LogP contribution >= 0.6 is 0 Å². The second-order valence-corrected chi connectivity index (χ2v) is 7.40. The summed E-state index contributed by atoms with van der Waals surface area (Å²) in [5.41, 5.74) is -0.186. The molecule has 0 saturated heterocycles. The molecule has 0 radical (unpaired) electrons. The van der Waals surface area contributed by atoms with Crippen LogP contribution < -0.4 is 5.32 Å². The van der Waals surface area contributed by atoms with Crippen molar-refractivity contribution >= 4 is 38.2 Å². The normalized spacial score (nSPS) is 11.4. The summed E-state index contributed by atoms with van der Waals surface area (Å²) >= 11 is 0. The predicted octanol–water partition coefficient (Wildman–Crippen LogP) is 3.26. The monoisotopic (exact) mass is 402 g/mol. The van der Waals surface area contributed by atoms with E-state index in [1.165, 1.54) is 31.2 Å². The smallest absolute Gasteiger partial charge is 0.298 e. The number of nitrogens with one attached hydrogen (secondary N) is 1. The van der Waals surface area contributed by atoms with Gasteiger partial charge in [0.1, 0.15) is 4.90 Å². The first-order valence-electron chi connectivity index (χ1n) is 7.88. The number of nitrogens with zero attached hydrogens (tertiary/aromatic N) is 1. The molecule has 0 fully saturated rings. The van der Waals surface area contributed by atoms with Crippen LogP contribution in [0.3, 0.4) is 0 Å². The number of rotatable bonds is 4. The summed E-state index contributed by atoms with van der Waals surface area (Å²) in [4.78, 5) is 22.3. The Balaban J connectivity index is 2.14. The third-order valence-electron chi connectivity index (χ3n) is 4.17. The lowest BCUT2D eigenvalue weighted by Gasteiger charge is -2.14. The number of nitro groups is 1. The zero-order valence-electron chi connectivity index (χ0n) is 14.4. The van der Waals surface area contributed by atoms with Crippen LogP contribution in [0.2, 0.25) is 0 Å². The summed E-state index contributed by atoms with van der Waals surface area (Å²) in [5, 5.41) is 24.5. The fraction of sp³-hybridized carbons (Fsp3) is 0.0556. The van der Waals surface area contributed by atoms with Gasteiger partial charge < -0.3 is 10.4 Å². The first-order chi connectivity index (χ1) is 13.1. The van der Waals surface area contributed by atoms with Gasteiger partial charge in [-0.2, -0.15) is 8.42 Å². The molecule has 0 atom stereocenters. The van der Waals surface area contributed by atoms with Crippen LogP contribution in [0.4, 0.5) is 11.4 Å². The molecule has 3 N–H and O–H groups in total. The maximum Gasteiger partial charge on any atom is 0.298 e. The number of hydrogen-bond acceptors (Lipinski definition) is 6. The number of fused-ring (bicyclic) bond motifs is 1. The highest BCUT2D eigenvalue weighted by molar-refractivity contribution is 7.86. The van der Waals surface area contributed by atoms with Crippen LogP contribution in [0, 0.1) is 17.0 Å². The minimum absolute atomic E-state index is 0.0574. The van der Waals surface area contributed by atoms with Gasteiger partial charge in [0.2, 0.25) is 0 Å². The quantitative estimate of drug-likeness (QED) is 0.263. The van der Waals surface area contributed by atoms with Crippen LogP contribution in [0.15, 0.2) is 53.4 Å². The standard InChI is InChI=1S/C18H14N2O7S/c1-10-6-7-12(8-14(10)20(23)24)18(22)19-16-13-5-3-2-4-11(13)9-15(17(16)21)28(25,26)27/h2-9,21H,1H3,(H,19,22)(H,25,26,27). The average Bonchev–Trinajstić information content (AvgIpc) is 2.62. The maximum absolute atomic E-state index is 12.6. The maximum atomic E-state index is 12.6. The fourth-order valence-corrected chi connectivity index (χ4v) is 3.39. The molecule has 0 saturated carbocycles. The van der Waals surface area contributed by atoms with E-state index in [2.05, 4.69) is 5.32 Å². The number of aromatic hydroxyl groups is 1. The van der Waals surface area contributed by atoms with Crippen molar-refractivity contribution in [2.24, 2.45) is 0 Å². The minimum Gasteiger partial charge on any atom is -0.504 e. The van der Waals surface area contributed by atoms with Gasteiger partial charge in [0, 0.05) is 22.6 Å². The average molecular weight is 402 g/mol. The number of aryl methyl sites for hydroxylation is 1. The van der Waals surface area contributed by atoms with E-state index in [1.54, 1.807) is 12.1 Å². The Morgan fingerprint density at radius 1 is 1.14 bits per heavy atom. The molecule has 28 heavy (non-hydrogen) atoms. The van der Waals surface area contributed by atoms with Crippen LogP contribution in [0.25, 0.3) is 10.8 Å².